The molecule has 0 spiro atoms. The molecule has 0 radical (unpaired) electrons. The molecule has 0 amide bonds. The summed E-state index contributed by atoms with van der Waals surface area (Å²) in [4.78, 5) is 8.00. The summed E-state index contributed by atoms with van der Waals surface area (Å²) in [6.07, 6.45) is 5.79. The molecule has 1 aliphatic carbocycles. The van der Waals surface area contributed by atoms with Gasteiger partial charge in [-0.3, -0.25) is 0 Å². The Morgan fingerprint density at radius 1 is 1.64 bits per heavy atom. The highest BCUT2D eigenvalue weighted by molar-refractivity contribution is 9.10. The summed E-state index contributed by atoms with van der Waals surface area (Å²) in [6, 6.07) is 0.247. The minimum Gasteiger partial charge on any atom is -0.367 e. The molecule has 3 N–H and O–H groups in total. The number of hydrogen-bond acceptors (Lipinski definition) is 4. The fourth-order valence-corrected chi connectivity index (χ4v) is 1.71. The van der Waals surface area contributed by atoms with Gasteiger partial charge in [-0.1, -0.05) is 0 Å². The van der Waals surface area contributed by atoms with Crippen molar-refractivity contribution in [2.45, 2.75) is 18.9 Å². The maximum absolute atomic E-state index is 5.96. The van der Waals surface area contributed by atoms with Gasteiger partial charge in [-0.05, 0) is 34.7 Å². The van der Waals surface area contributed by atoms with Crippen molar-refractivity contribution >= 4 is 21.7 Å². The van der Waals surface area contributed by atoms with E-state index >= 15 is 0 Å². The summed E-state index contributed by atoms with van der Waals surface area (Å²) in [5.74, 6) is 1.53. The molecule has 5 heteroatoms. The van der Waals surface area contributed by atoms with Crippen LogP contribution in [0.4, 0.5) is 5.82 Å². The Labute approximate surface area is 91.4 Å². The van der Waals surface area contributed by atoms with Crippen LogP contribution in [0.5, 0.6) is 0 Å². The second kappa shape index (κ2) is 4.23. The standard InChI is InChI=1S/C9H13BrN4/c10-7-3-12-5-14-9(7)13-4-8(11)6-1-2-6/h3,5-6,8H,1-2,4,11H2,(H,12,13,14). The van der Waals surface area contributed by atoms with Crippen LogP contribution in [0, 0.1) is 5.92 Å². The normalized spacial score (nSPS) is 17.9. The van der Waals surface area contributed by atoms with Crippen molar-refractivity contribution in [3.8, 4) is 0 Å². The van der Waals surface area contributed by atoms with Crippen LogP contribution in [0.25, 0.3) is 0 Å². The van der Waals surface area contributed by atoms with Crippen molar-refractivity contribution in [3.63, 3.8) is 0 Å². The average molecular weight is 257 g/mol. The first-order chi connectivity index (χ1) is 6.77. The van der Waals surface area contributed by atoms with Gasteiger partial charge in [-0.25, -0.2) is 9.97 Å². The Balaban J connectivity index is 1.87. The molecule has 14 heavy (non-hydrogen) atoms. The zero-order chi connectivity index (χ0) is 9.97. The Morgan fingerprint density at radius 3 is 3.07 bits per heavy atom. The highest BCUT2D eigenvalue weighted by Gasteiger charge is 2.28. The largest absolute Gasteiger partial charge is 0.367 e. The zero-order valence-corrected chi connectivity index (χ0v) is 9.37. The molecular weight excluding hydrogens is 244 g/mol. The van der Waals surface area contributed by atoms with Gasteiger partial charge >= 0.3 is 0 Å². The molecule has 1 atom stereocenters. The van der Waals surface area contributed by atoms with E-state index in [1.807, 2.05) is 0 Å². The maximum Gasteiger partial charge on any atom is 0.143 e. The van der Waals surface area contributed by atoms with Crippen molar-refractivity contribution in [1.29, 1.82) is 0 Å². The number of hydrogen-bond donors (Lipinski definition) is 2. The van der Waals surface area contributed by atoms with Gasteiger partial charge in [0.15, 0.2) is 0 Å². The number of nitrogens with one attached hydrogen (secondary N) is 1. The lowest BCUT2D eigenvalue weighted by atomic mass is 10.2. The van der Waals surface area contributed by atoms with E-state index in [1.54, 1.807) is 6.20 Å². The Kier molecular flexibility index (Phi) is 2.98. The van der Waals surface area contributed by atoms with Crippen LogP contribution in [0.1, 0.15) is 12.8 Å². The fraction of sp³-hybridized carbons (Fsp3) is 0.556. The van der Waals surface area contributed by atoms with Crippen molar-refractivity contribution in [1.82, 2.24) is 9.97 Å². The molecule has 1 saturated carbocycles. The van der Waals surface area contributed by atoms with Crippen molar-refractivity contribution in [2.75, 3.05) is 11.9 Å². The van der Waals surface area contributed by atoms with Crippen molar-refractivity contribution in [3.05, 3.63) is 17.0 Å². The van der Waals surface area contributed by atoms with Crippen LogP contribution in [-0.4, -0.2) is 22.6 Å². The zero-order valence-electron chi connectivity index (χ0n) is 7.78. The van der Waals surface area contributed by atoms with E-state index in [1.165, 1.54) is 19.2 Å². The first kappa shape index (κ1) is 9.86. The van der Waals surface area contributed by atoms with Gasteiger partial charge in [-0.2, -0.15) is 0 Å². The fourth-order valence-electron chi connectivity index (χ4n) is 1.35. The number of rotatable bonds is 4. The smallest absolute Gasteiger partial charge is 0.143 e. The molecular formula is C9H13BrN4. The summed E-state index contributed by atoms with van der Waals surface area (Å²) in [7, 11) is 0. The quantitative estimate of drug-likeness (QED) is 0.855. The highest BCUT2D eigenvalue weighted by Crippen LogP contribution is 2.31. The predicted molar refractivity (Wildman–Crippen MR) is 58.9 cm³/mol. The minimum absolute atomic E-state index is 0.247. The molecule has 0 bridgehead atoms. The summed E-state index contributed by atoms with van der Waals surface area (Å²) in [5.41, 5.74) is 5.96. The molecule has 1 aliphatic rings. The Morgan fingerprint density at radius 2 is 2.43 bits per heavy atom. The number of nitrogens with zero attached hydrogens (tertiary/aromatic N) is 2. The lowest BCUT2D eigenvalue weighted by molar-refractivity contribution is 0.619. The SMILES string of the molecule is NC(CNc1ncncc1Br)C1CC1. The second-order valence-electron chi connectivity index (χ2n) is 3.60. The van der Waals surface area contributed by atoms with Crippen LogP contribution in [0.2, 0.25) is 0 Å². The predicted octanol–water partition coefficient (Wildman–Crippen LogP) is 1.39. The molecule has 1 aromatic heterocycles. The van der Waals surface area contributed by atoms with Crippen molar-refractivity contribution < 1.29 is 0 Å². The average Bonchev–Trinajstić information content (AvgIpc) is 2.99. The Hall–Kier alpha value is -0.680. The first-order valence-electron chi connectivity index (χ1n) is 4.72. The molecule has 0 aliphatic heterocycles. The van der Waals surface area contributed by atoms with Gasteiger partial charge in [0, 0.05) is 18.8 Å². The second-order valence-corrected chi connectivity index (χ2v) is 4.46. The molecule has 0 aromatic carbocycles. The van der Waals surface area contributed by atoms with Gasteiger partial charge in [0.25, 0.3) is 0 Å². The maximum atomic E-state index is 5.96. The number of anilines is 1. The third kappa shape index (κ3) is 2.42. The lowest BCUT2D eigenvalue weighted by Crippen LogP contribution is -2.31. The summed E-state index contributed by atoms with van der Waals surface area (Å²) >= 11 is 3.37. The highest BCUT2D eigenvalue weighted by atomic mass is 79.9. The van der Waals surface area contributed by atoms with E-state index < -0.39 is 0 Å². The van der Waals surface area contributed by atoms with Crippen LogP contribution >= 0.6 is 15.9 Å². The van der Waals surface area contributed by atoms with Crippen LogP contribution < -0.4 is 11.1 Å². The minimum atomic E-state index is 0.247. The first-order valence-corrected chi connectivity index (χ1v) is 5.51. The molecule has 1 heterocycles. The van der Waals surface area contributed by atoms with E-state index in [4.69, 9.17) is 5.73 Å². The lowest BCUT2D eigenvalue weighted by Gasteiger charge is -2.12. The molecule has 76 valence electrons. The van der Waals surface area contributed by atoms with Crippen LogP contribution in [-0.2, 0) is 0 Å². The van der Waals surface area contributed by atoms with Crippen molar-refractivity contribution in [2.24, 2.45) is 11.7 Å². The monoisotopic (exact) mass is 256 g/mol. The number of aromatic nitrogens is 2. The molecule has 1 unspecified atom stereocenters. The van der Waals surface area contributed by atoms with Gasteiger partial charge in [-0.15, -0.1) is 0 Å². The summed E-state index contributed by atoms with van der Waals surface area (Å²) < 4.78 is 0.878. The Bertz CT molecular complexity index is 313. The van der Waals surface area contributed by atoms with Gasteiger partial charge in [0.05, 0.1) is 4.47 Å². The molecule has 1 aromatic rings. The molecule has 0 saturated heterocycles. The topological polar surface area (TPSA) is 63.8 Å². The summed E-state index contributed by atoms with van der Waals surface area (Å²) in [5, 5.41) is 3.21. The number of halogens is 1. The van der Waals surface area contributed by atoms with Gasteiger partial charge < -0.3 is 11.1 Å². The molecule has 1 fully saturated rings. The molecule has 2 rings (SSSR count). The van der Waals surface area contributed by atoms with E-state index in [0.29, 0.717) is 5.92 Å². The third-order valence-electron chi connectivity index (χ3n) is 2.40. The van der Waals surface area contributed by atoms with E-state index in [9.17, 15) is 0 Å². The summed E-state index contributed by atoms with van der Waals surface area (Å²) in [6.45, 7) is 0.778. The van der Waals surface area contributed by atoms with Crippen LogP contribution in [0.3, 0.4) is 0 Å². The van der Waals surface area contributed by atoms with Gasteiger partial charge in [0.1, 0.15) is 12.1 Å². The van der Waals surface area contributed by atoms with Gasteiger partial charge in [0.2, 0.25) is 0 Å². The van der Waals surface area contributed by atoms with Crippen LogP contribution in [0.15, 0.2) is 17.0 Å². The van der Waals surface area contributed by atoms with E-state index in [0.717, 1.165) is 16.8 Å². The third-order valence-corrected chi connectivity index (χ3v) is 2.98. The van der Waals surface area contributed by atoms with E-state index in [2.05, 4.69) is 31.2 Å². The molecule has 4 nitrogen and oxygen atoms in total. The number of nitrogens with two attached hydrogens (primary N) is 1. The van der Waals surface area contributed by atoms with E-state index in [-0.39, 0.29) is 6.04 Å².